The Morgan fingerprint density at radius 2 is 2.24 bits per heavy atom. The van der Waals surface area contributed by atoms with Crippen molar-refractivity contribution in [2.45, 2.75) is 12.8 Å². The third-order valence-electron chi connectivity index (χ3n) is 4.58. The van der Waals surface area contributed by atoms with E-state index in [0.717, 1.165) is 52.5 Å². The Morgan fingerprint density at radius 3 is 2.86 bits per heavy atom. The van der Waals surface area contributed by atoms with E-state index in [1.54, 1.807) is 11.3 Å². The third-order valence-corrected chi connectivity index (χ3v) is 5.41. The highest BCUT2D eigenvalue weighted by Gasteiger charge is 2.35. The molecule has 21 heavy (non-hydrogen) atoms. The Morgan fingerprint density at radius 1 is 1.38 bits per heavy atom. The summed E-state index contributed by atoms with van der Waals surface area (Å²) in [6.07, 6.45) is 4.37. The number of ether oxygens (including phenoxy) is 1. The molecule has 0 amide bonds. The number of rotatable bonds is 5. The van der Waals surface area contributed by atoms with Gasteiger partial charge in [0.25, 0.3) is 0 Å². The zero-order valence-corrected chi connectivity index (χ0v) is 13.7. The van der Waals surface area contributed by atoms with Gasteiger partial charge in [0.15, 0.2) is 5.13 Å². The zero-order valence-electron chi connectivity index (χ0n) is 12.9. The average Bonchev–Trinajstić information content (AvgIpc) is 3.03. The van der Waals surface area contributed by atoms with Crippen molar-refractivity contribution >= 4 is 16.5 Å². The molecule has 5 nitrogen and oxygen atoms in total. The van der Waals surface area contributed by atoms with Crippen LogP contribution in [-0.2, 0) is 4.74 Å². The van der Waals surface area contributed by atoms with Crippen LogP contribution in [0.2, 0.25) is 0 Å². The molecule has 3 rings (SSSR count). The topological polar surface area (TPSA) is 40.6 Å². The number of hydrogen-bond donors (Lipinski definition) is 1. The molecule has 2 aliphatic rings. The molecular weight excluding hydrogens is 284 g/mol. The van der Waals surface area contributed by atoms with Crippen LogP contribution >= 0.6 is 11.3 Å². The summed E-state index contributed by atoms with van der Waals surface area (Å²) in [6, 6.07) is 0. The molecule has 2 aliphatic heterocycles. The van der Waals surface area contributed by atoms with E-state index in [1.807, 2.05) is 6.20 Å². The van der Waals surface area contributed by atoms with Gasteiger partial charge in [-0.05, 0) is 19.9 Å². The maximum absolute atomic E-state index is 5.77. The lowest BCUT2D eigenvalue weighted by Gasteiger charge is -2.43. The van der Waals surface area contributed by atoms with Crippen LogP contribution < -0.4 is 10.2 Å². The molecule has 1 unspecified atom stereocenters. The minimum absolute atomic E-state index is 0.302. The second kappa shape index (κ2) is 7.05. The van der Waals surface area contributed by atoms with Gasteiger partial charge in [0.2, 0.25) is 0 Å². The quantitative estimate of drug-likeness (QED) is 0.887. The average molecular weight is 310 g/mol. The molecular formula is C15H26N4OS. The van der Waals surface area contributed by atoms with Gasteiger partial charge in [-0.15, -0.1) is 11.3 Å². The lowest BCUT2D eigenvalue weighted by Crippen LogP contribution is -2.54. The molecule has 1 aromatic rings. The molecule has 0 bridgehead atoms. The van der Waals surface area contributed by atoms with E-state index in [4.69, 9.17) is 4.74 Å². The second-order valence-corrected chi connectivity index (χ2v) is 7.14. The fourth-order valence-corrected chi connectivity index (χ4v) is 4.25. The number of hydrogen-bond acceptors (Lipinski definition) is 6. The molecule has 2 saturated heterocycles. The van der Waals surface area contributed by atoms with Gasteiger partial charge in [-0.2, -0.15) is 0 Å². The van der Waals surface area contributed by atoms with Gasteiger partial charge in [0, 0.05) is 62.9 Å². The number of thiazole rings is 1. The smallest absolute Gasteiger partial charge is 0.185 e. The summed E-state index contributed by atoms with van der Waals surface area (Å²) in [4.78, 5) is 9.43. The van der Waals surface area contributed by atoms with Crippen molar-refractivity contribution in [3.05, 3.63) is 11.6 Å². The Labute approximate surface area is 131 Å². The minimum Gasteiger partial charge on any atom is -0.381 e. The number of nitrogens with one attached hydrogen (secondary N) is 1. The van der Waals surface area contributed by atoms with Gasteiger partial charge in [0.05, 0.1) is 6.61 Å². The molecule has 0 aliphatic carbocycles. The second-order valence-electron chi connectivity index (χ2n) is 6.26. The number of aromatic nitrogens is 1. The number of anilines is 1. The van der Waals surface area contributed by atoms with Crippen molar-refractivity contribution in [2.75, 3.05) is 64.4 Å². The molecule has 3 heterocycles. The molecule has 118 valence electrons. The zero-order chi connectivity index (χ0) is 14.5. The predicted octanol–water partition coefficient (Wildman–Crippen LogP) is 1.28. The van der Waals surface area contributed by atoms with E-state index in [1.165, 1.54) is 18.0 Å². The van der Waals surface area contributed by atoms with Crippen LogP contribution in [0.3, 0.4) is 0 Å². The van der Waals surface area contributed by atoms with Crippen LogP contribution in [0.25, 0.3) is 0 Å². The molecule has 1 atom stereocenters. The van der Waals surface area contributed by atoms with Gasteiger partial charge in [0.1, 0.15) is 0 Å². The Kier molecular flexibility index (Phi) is 5.11. The maximum atomic E-state index is 5.77. The standard InChI is InChI=1S/C15H26N4OS/c1-16-11-15(3-2-9-20-13-15)12-18-5-7-19(8-6-18)14-17-4-10-21-14/h4,10,16H,2-3,5-9,11-13H2,1H3. The first kappa shape index (κ1) is 15.2. The van der Waals surface area contributed by atoms with Crippen LogP contribution in [0.15, 0.2) is 11.6 Å². The van der Waals surface area contributed by atoms with Crippen LogP contribution in [0.5, 0.6) is 0 Å². The summed E-state index contributed by atoms with van der Waals surface area (Å²) < 4.78 is 5.77. The van der Waals surface area contributed by atoms with Crippen molar-refractivity contribution in [2.24, 2.45) is 5.41 Å². The molecule has 1 N–H and O–H groups in total. The maximum Gasteiger partial charge on any atom is 0.185 e. The van der Waals surface area contributed by atoms with Crippen LogP contribution in [0.1, 0.15) is 12.8 Å². The monoisotopic (exact) mass is 310 g/mol. The highest BCUT2D eigenvalue weighted by molar-refractivity contribution is 7.13. The first-order valence-corrected chi connectivity index (χ1v) is 8.78. The lowest BCUT2D eigenvalue weighted by atomic mass is 9.81. The van der Waals surface area contributed by atoms with Crippen molar-refractivity contribution in [1.82, 2.24) is 15.2 Å². The van der Waals surface area contributed by atoms with E-state index < -0.39 is 0 Å². The first-order valence-electron chi connectivity index (χ1n) is 7.90. The third kappa shape index (κ3) is 3.74. The molecule has 6 heteroatoms. The summed E-state index contributed by atoms with van der Waals surface area (Å²) in [5, 5.41) is 6.60. The number of nitrogens with zero attached hydrogens (tertiary/aromatic N) is 3. The van der Waals surface area contributed by atoms with E-state index in [9.17, 15) is 0 Å². The summed E-state index contributed by atoms with van der Waals surface area (Å²) in [6.45, 7) is 8.48. The Bertz CT molecular complexity index is 406. The van der Waals surface area contributed by atoms with Crippen LogP contribution in [0.4, 0.5) is 5.13 Å². The molecule has 0 radical (unpaired) electrons. The van der Waals surface area contributed by atoms with E-state index >= 15 is 0 Å². The Balaban J connectivity index is 1.53. The molecule has 0 aromatic carbocycles. The van der Waals surface area contributed by atoms with Crippen molar-refractivity contribution < 1.29 is 4.74 Å². The summed E-state index contributed by atoms with van der Waals surface area (Å²) in [7, 11) is 2.05. The van der Waals surface area contributed by atoms with Gasteiger partial charge < -0.3 is 15.0 Å². The van der Waals surface area contributed by atoms with Gasteiger partial charge in [-0.3, -0.25) is 4.90 Å². The van der Waals surface area contributed by atoms with Crippen molar-refractivity contribution in [3.8, 4) is 0 Å². The largest absolute Gasteiger partial charge is 0.381 e. The normalized spacial score (nSPS) is 28.0. The number of piperazine rings is 1. The highest BCUT2D eigenvalue weighted by Crippen LogP contribution is 2.30. The van der Waals surface area contributed by atoms with E-state index in [-0.39, 0.29) is 0 Å². The van der Waals surface area contributed by atoms with Gasteiger partial charge >= 0.3 is 0 Å². The summed E-state index contributed by atoms with van der Waals surface area (Å²) in [5.41, 5.74) is 0.302. The van der Waals surface area contributed by atoms with Crippen LogP contribution in [-0.4, -0.2) is 69.4 Å². The Hall–Kier alpha value is -0.690. The molecule has 2 fully saturated rings. The molecule has 0 spiro atoms. The highest BCUT2D eigenvalue weighted by atomic mass is 32.1. The van der Waals surface area contributed by atoms with Crippen molar-refractivity contribution in [1.29, 1.82) is 0 Å². The fraction of sp³-hybridized carbons (Fsp3) is 0.800. The summed E-state index contributed by atoms with van der Waals surface area (Å²) in [5.74, 6) is 0. The van der Waals surface area contributed by atoms with Crippen molar-refractivity contribution in [3.63, 3.8) is 0 Å². The molecule has 1 aromatic heterocycles. The summed E-state index contributed by atoms with van der Waals surface area (Å²) >= 11 is 1.74. The van der Waals surface area contributed by atoms with Gasteiger partial charge in [-0.1, -0.05) is 0 Å². The van der Waals surface area contributed by atoms with E-state index in [0.29, 0.717) is 5.41 Å². The van der Waals surface area contributed by atoms with Gasteiger partial charge in [-0.25, -0.2) is 4.98 Å². The minimum atomic E-state index is 0.302. The first-order chi connectivity index (χ1) is 10.3. The predicted molar refractivity (Wildman–Crippen MR) is 87.2 cm³/mol. The fourth-order valence-electron chi connectivity index (χ4n) is 3.55. The molecule has 0 saturated carbocycles. The SMILES string of the molecule is CNCC1(CN2CCN(c3nccs3)CC2)CCCOC1. The lowest BCUT2D eigenvalue weighted by molar-refractivity contribution is -0.0260. The van der Waals surface area contributed by atoms with E-state index in [2.05, 4.69) is 32.5 Å². The van der Waals surface area contributed by atoms with Crippen LogP contribution in [0, 0.1) is 5.41 Å².